The van der Waals surface area contributed by atoms with E-state index in [1.807, 2.05) is 0 Å². The summed E-state index contributed by atoms with van der Waals surface area (Å²) in [7, 11) is 1.04. The second-order valence-electron chi connectivity index (χ2n) is 8.92. The zero-order chi connectivity index (χ0) is 25.8. The Hall–Kier alpha value is -3.15. The molecule has 2 aliphatic rings. The lowest BCUT2D eigenvalue weighted by Gasteiger charge is -2.41. The lowest BCUT2D eigenvalue weighted by molar-refractivity contribution is -0.281. The van der Waals surface area contributed by atoms with Gasteiger partial charge in [-0.2, -0.15) is 13.2 Å². The number of rotatable bonds is 8. The standard InChI is InChI=1S/C23H30F3N5O4/c1-35-22(23(24,25)26)10-4-6-14(12-22)30-21(34)17-9-5-11-31(17)18(32)13-29-16-8-3-2-7-15(16)19(27)20(28)33/h2-3,7-8,14,17,27,29H,4-6,9-13H2,1H3,(H2,28,33)(H,30,34)/p+1/t14?,17-,22?/m0/s1. The molecule has 3 rings (SSSR count). The fourth-order valence-electron chi connectivity index (χ4n) is 4.83. The Labute approximate surface area is 201 Å². The van der Waals surface area contributed by atoms with Crippen LogP contribution in [0.15, 0.2) is 24.3 Å². The van der Waals surface area contributed by atoms with Crippen LogP contribution in [0.2, 0.25) is 0 Å². The lowest BCUT2D eigenvalue weighted by Crippen LogP contribution is -2.56. The summed E-state index contributed by atoms with van der Waals surface area (Å²) in [6.07, 6.45) is -3.38. The van der Waals surface area contributed by atoms with Crippen molar-refractivity contribution in [3.63, 3.8) is 0 Å². The Morgan fingerprint density at radius 3 is 2.60 bits per heavy atom. The highest BCUT2D eigenvalue weighted by atomic mass is 19.4. The molecule has 0 spiro atoms. The van der Waals surface area contributed by atoms with Crippen LogP contribution in [0, 0.1) is 0 Å². The molecule has 192 valence electrons. The second kappa shape index (κ2) is 10.6. The van der Waals surface area contributed by atoms with Crippen molar-refractivity contribution in [3.05, 3.63) is 29.8 Å². The summed E-state index contributed by atoms with van der Waals surface area (Å²) in [6.45, 7) is 0.183. The fourth-order valence-corrected chi connectivity index (χ4v) is 4.83. The van der Waals surface area contributed by atoms with Crippen LogP contribution in [0.4, 0.5) is 18.9 Å². The summed E-state index contributed by atoms with van der Waals surface area (Å²) in [5.41, 5.74) is 3.60. The number of para-hydroxylation sites is 1. The number of amides is 3. The topological polar surface area (TPSA) is 139 Å². The summed E-state index contributed by atoms with van der Waals surface area (Å²) in [4.78, 5) is 38.7. The number of halogens is 3. The number of ether oxygens (including phenoxy) is 1. The van der Waals surface area contributed by atoms with E-state index >= 15 is 0 Å². The molecule has 0 aromatic heterocycles. The van der Waals surface area contributed by atoms with Gasteiger partial charge >= 0.3 is 12.1 Å². The maximum absolute atomic E-state index is 13.6. The number of anilines is 1. The number of methoxy groups -OCH3 is 1. The fraction of sp³-hybridized carbons (Fsp3) is 0.565. The van der Waals surface area contributed by atoms with Crippen molar-refractivity contribution >= 4 is 29.1 Å². The average Bonchev–Trinajstić information content (AvgIpc) is 3.32. The third-order valence-corrected chi connectivity index (χ3v) is 6.75. The quantitative estimate of drug-likeness (QED) is 0.378. The Kier molecular flexibility index (Phi) is 8.04. The first-order valence-corrected chi connectivity index (χ1v) is 11.5. The third-order valence-electron chi connectivity index (χ3n) is 6.75. The summed E-state index contributed by atoms with van der Waals surface area (Å²) in [5.74, 6) is -1.63. The van der Waals surface area contributed by atoms with Crippen LogP contribution in [-0.4, -0.2) is 72.4 Å². The van der Waals surface area contributed by atoms with Crippen molar-refractivity contribution in [1.82, 2.24) is 10.2 Å². The molecule has 3 atom stereocenters. The molecule has 0 radical (unpaired) electrons. The number of primary amides is 1. The molecule has 1 heterocycles. The maximum Gasteiger partial charge on any atom is 0.417 e. The molecule has 1 aliphatic heterocycles. The number of carbonyl (C=O) groups excluding carboxylic acids is 3. The van der Waals surface area contributed by atoms with Gasteiger partial charge in [-0.25, -0.2) is 5.41 Å². The lowest BCUT2D eigenvalue weighted by atomic mass is 9.81. The third kappa shape index (κ3) is 5.75. The SMILES string of the molecule is COC1(C(F)(F)F)CCCC(NC(=O)[C@@H]2CCCN2C(=O)CNc2ccccc2C(=[NH2+])C(N)=O)C1. The van der Waals surface area contributed by atoms with Crippen LogP contribution in [0.1, 0.15) is 44.1 Å². The highest BCUT2D eigenvalue weighted by molar-refractivity contribution is 6.43. The number of hydrogen-bond donors (Lipinski definition) is 4. The normalized spacial score (nSPS) is 24.6. The zero-order valence-electron chi connectivity index (χ0n) is 19.5. The zero-order valence-corrected chi connectivity index (χ0v) is 19.5. The molecule has 0 bridgehead atoms. The monoisotopic (exact) mass is 498 g/mol. The summed E-state index contributed by atoms with van der Waals surface area (Å²) in [5, 5.41) is 11.4. The molecule has 1 saturated carbocycles. The highest BCUT2D eigenvalue weighted by Crippen LogP contribution is 2.44. The van der Waals surface area contributed by atoms with Crippen LogP contribution in [0.25, 0.3) is 0 Å². The largest absolute Gasteiger partial charge is 0.417 e. The molecule has 9 nitrogen and oxygen atoms in total. The van der Waals surface area contributed by atoms with Gasteiger partial charge in [0.25, 0.3) is 5.71 Å². The van der Waals surface area contributed by atoms with Crippen molar-refractivity contribution in [2.24, 2.45) is 5.73 Å². The predicted octanol–water partition coefficient (Wildman–Crippen LogP) is 0.129. The Morgan fingerprint density at radius 1 is 1.23 bits per heavy atom. The number of nitrogens with zero attached hydrogens (tertiary/aromatic N) is 1. The Bertz CT molecular complexity index is 986. The second-order valence-corrected chi connectivity index (χ2v) is 8.92. The molecule has 2 fully saturated rings. The predicted molar refractivity (Wildman–Crippen MR) is 121 cm³/mol. The minimum atomic E-state index is -4.54. The minimum Gasteiger partial charge on any atom is -0.375 e. The summed E-state index contributed by atoms with van der Waals surface area (Å²) < 4.78 is 45.6. The molecule has 12 heteroatoms. The number of alkyl halides is 3. The number of nitrogens with two attached hydrogens (primary N) is 2. The van der Waals surface area contributed by atoms with Crippen molar-refractivity contribution < 1.29 is 37.7 Å². The molecular weight excluding hydrogens is 467 g/mol. The van der Waals surface area contributed by atoms with Gasteiger partial charge in [-0.05, 0) is 44.2 Å². The van der Waals surface area contributed by atoms with E-state index in [4.69, 9.17) is 15.9 Å². The first kappa shape index (κ1) is 26.5. The van der Waals surface area contributed by atoms with E-state index in [-0.39, 0.29) is 37.4 Å². The molecular formula is C23H31F3N5O4+. The van der Waals surface area contributed by atoms with Gasteiger partial charge in [-0.1, -0.05) is 12.1 Å². The maximum atomic E-state index is 13.6. The van der Waals surface area contributed by atoms with Crippen molar-refractivity contribution in [1.29, 1.82) is 0 Å². The first-order chi connectivity index (χ1) is 16.5. The minimum absolute atomic E-state index is 0.155. The molecule has 35 heavy (non-hydrogen) atoms. The molecule has 1 saturated heterocycles. The molecule has 3 amide bonds. The van der Waals surface area contributed by atoms with Crippen LogP contribution in [-0.2, 0) is 19.1 Å². The van der Waals surface area contributed by atoms with E-state index in [9.17, 15) is 27.6 Å². The molecule has 1 aromatic rings. The van der Waals surface area contributed by atoms with Crippen LogP contribution in [0.5, 0.6) is 0 Å². The summed E-state index contributed by atoms with van der Waals surface area (Å²) in [6, 6.07) is 5.12. The molecule has 6 N–H and O–H groups in total. The van der Waals surface area contributed by atoms with E-state index in [1.54, 1.807) is 24.3 Å². The summed E-state index contributed by atoms with van der Waals surface area (Å²) >= 11 is 0. The van der Waals surface area contributed by atoms with Crippen molar-refractivity contribution in [3.8, 4) is 0 Å². The number of benzene rings is 1. The van der Waals surface area contributed by atoms with Crippen molar-refractivity contribution in [2.75, 3.05) is 25.5 Å². The number of nitrogens with one attached hydrogen (secondary N) is 2. The number of likely N-dealkylation sites (tertiary alicyclic amines) is 1. The Morgan fingerprint density at radius 2 is 1.94 bits per heavy atom. The Balaban J connectivity index is 1.62. The van der Waals surface area contributed by atoms with Gasteiger partial charge in [-0.3, -0.25) is 14.4 Å². The van der Waals surface area contributed by atoms with Gasteiger partial charge in [0, 0.05) is 31.8 Å². The van der Waals surface area contributed by atoms with E-state index in [1.165, 1.54) is 4.90 Å². The molecule has 1 aromatic carbocycles. The van der Waals surface area contributed by atoms with Gasteiger partial charge in [-0.15, -0.1) is 0 Å². The van der Waals surface area contributed by atoms with E-state index in [2.05, 4.69) is 10.6 Å². The highest BCUT2D eigenvalue weighted by Gasteiger charge is 2.57. The number of hydrogen-bond acceptors (Lipinski definition) is 5. The van der Waals surface area contributed by atoms with Gasteiger partial charge < -0.3 is 26.0 Å². The van der Waals surface area contributed by atoms with Crippen molar-refractivity contribution in [2.45, 2.75) is 62.4 Å². The van der Waals surface area contributed by atoms with Gasteiger partial charge in [0.15, 0.2) is 5.60 Å². The van der Waals surface area contributed by atoms with E-state index < -0.39 is 35.7 Å². The number of carbonyl (C=O) groups is 3. The molecule has 2 unspecified atom stereocenters. The smallest absolute Gasteiger partial charge is 0.375 e. The van der Waals surface area contributed by atoms with Crippen LogP contribution >= 0.6 is 0 Å². The van der Waals surface area contributed by atoms with Gasteiger partial charge in [0.1, 0.15) is 6.04 Å². The first-order valence-electron chi connectivity index (χ1n) is 11.5. The van der Waals surface area contributed by atoms with Crippen LogP contribution < -0.4 is 21.8 Å². The average molecular weight is 499 g/mol. The van der Waals surface area contributed by atoms with Gasteiger partial charge in [0.05, 0.1) is 12.1 Å². The van der Waals surface area contributed by atoms with E-state index in [0.29, 0.717) is 37.1 Å². The molecule has 1 aliphatic carbocycles. The van der Waals surface area contributed by atoms with Crippen LogP contribution in [0.3, 0.4) is 0 Å². The van der Waals surface area contributed by atoms with E-state index in [0.717, 1.165) is 7.11 Å². The van der Waals surface area contributed by atoms with Gasteiger partial charge in [0.2, 0.25) is 11.8 Å².